The molecule has 2 N–H and O–H groups in total. The molecule has 124 valence electrons. The molecule has 4 nitrogen and oxygen atoms in total. The summed E-state index contributed by atoms with van der Waals surface area (Å²) in [4.78, 5) is 2.94. The number of nitrogens with zero attached hydrogens (tertiary/aromatic N) is 2. The van der Waals surface area contributed by atoms with Crippen LogP contribution in [0.3, 0.4) is 0 Å². The zero-order valence-corrected chi connectivity index (χ0v) is 11.5. The summed E-state index contributed by atoms with van der Waals surface area (Å²) in [5.41, 5.74) is 3.02. The quantitative estimate of drug-likeness (QED) is 0.848. The fourth-order valence-corrected chi connectivity index (χ4v) is 1.35. The Kier molecular flexibility index (Phi) is 6.92. The molecule has 1 rings (SSSR count). The van der Waals surface area contributed by atoms with Crippen molar-refractivity contribution in [1.29, 1.82) is 5.26 Å². The number of halogens is 7. The number of ether oxygens (including phenoxy) is 1. The number of pyridine rings is 1. The standard InChI is InChI=1S/C11H9F6N3O.ClH/c12-10(13,14)7-2-1-6(5-19)9(20-7)21-8(3-4-18)11(15,16)17;/h1-2,8H,3-4,18H2;1H. The van der Waals surface area contributed by atoms with E-state index in [-0.39, 0.29) is 12.4 Å². The molecule has 0 aliphatic rings. The molecule has 0 saturated carbocycles. The molecule has 0 aromatic carbocycles. The molecule has 0 spiro atoms. The molecule has 0 bridgehead atoms. The molecule has 11 heteroatoms. The van der Waals surface area contributed by atoms with Crippen molar-refractivity contribution < 1.29 is 31.1 Å². The van der Waals surface area contributed by atoms with Crippen LogP contribution in [0, 0.1) is 11.3 Å². The molecule has 0 aliphatic carbocycles. The predicted molar refractivity (Wildman–Crippen MR) is 65.3 cm³/mol. The lowest BCUT2D eigenvalue weighted by molar-refractivity contribution is -0.197. The molecule has 0 fully saturated rings. The van der Waals surface area contributed by atoms with Gasteiger partial charge in [0.15, 0.2) is 6.10 Å². The van der Waals surface area contributed by atoms with Gasteiger partial charge in [-0.05, 0) is 18.7 Å². The highest BCUT2D eigenvalue weighted by Crippen LogP contribution is 2.32. The van der Waals surface area contributed by atoms with Gasteiger partial charge in [0, 0.05) is 6.42 Å². The van der Waals surface area contributed by atoms with Crippen LogP contribution >= 0.6 is 12.4 Å². The molecule has 0 amide bonds. The molecule has 1 unspecified atom stereocenters. The summed E-state index contributed by atoms with van der Waals surface area (Å²) in [7, 11) is 0. The minimum absolute atomic E-state index is 0. The fourth-order valence-electron chi connectivity index (χ4n) is 1.35. The van der Waals surface area contributed by atoms with Crippen molar-refractivity contribution in [3.63, 3.8) is 0 Å². The lowest BCUT2D eigenvalue weighted by Gasteiger charge is -2.21. The average molecular weight is 350 g/mol. The second-order valence-electron chi connectivity index (χ2n) is 3.88. The predicted octanol–water partition coefficient (Wildman–Crippen LogP) is 3.05. The van der Waals surface area contributed by atoms with Crippen molar-refractivity contribution in [3.05, 3.63) is 23.4 Å². The Bertz CT molecular complexity index is 540. The number of nitriles is 1. The number of hydrogen-bond donors (Lipinski definition) is 1. The van der Waals surface area contributed by atoms with Gasteiger partial charge in [-0.2, -0.15) is 31.6 Å². The molecule has 22 heavy (non-hydrogen) atoms. The van der Waals surface area contributed by atoms with E-state index in [1.54, 1.807) is 0 Å². The summed E-state index contributed by atoms with van der Waals surface area (Å²) in [6.07, 6.45) is -12.8. The molecular formula is C11H10ClF6N3O. The third kappa shape index (κ3) is 5.23. The first kappa shape index (κ1) is 20.3. The van der Waals surface area contributed by atoms with Gasteiger partial charge in [0.2, 0.25) is 5.88 Å². The Morgan fingerprint density at radius 3 is 2.23 bits per heavy atom. The summed E-state index contributed by atoms with van der Waals surface area (Å²) in [6, 6.07) is 2.60. The first-order valence-corrected chi connectivity index (χ1v) is 5.51. The number of nitrogens with two attached hydrogens (primary N) is 1. The van der Waals surface area contributed by atoms with Gasteiger partial charge in [-0.3, -0.25) is 0 Å². The molecular weight excluding hydrogens is 340 g/mol. The number of alkyl halides is 6. The van der Waals surface area contributed by atoms with Crippen molar-refractivity contribution in [2.24, 2.45) is 5.73 Å². The van der Waals surface area contributed by atoms with E-state index in [4.69, 9.17) is 11.0 Å². The van der Waals surface area contributed by atoms with Gasteiger partial charge in [0.25, 0.3) is 0 Å². The van der Waals surface area contributed by atoms with Crippen molar-refractivity contribution in [2.45, 2.75) is 24.9 Å². The highest BCUT2D eigenvalue weighted by Gasteiger charge is 2.42. The number of rotatable bonds is 4. The molecule has 1 aromatic rings. The summed E-state index contributed by atoms with van der Waals surface area (Å²) in [5, 5.41) is 8.70. The normalized spacial score (nSPS) is 13.0. The number of hydrogen-bond acceptors (Lipinski definition) is 4. The summed E-state index contributed by atoms with van der Waals surface area (Å²) in [5.74, 6) is -1.02. The smallest absolute Gasteiger partial charge is 0.433 e. The maximum atomic E-state index is 12.6. The Morgan fingerprint density at radius 1 is 1.23 bits per heavy atom. The minimum atomic E-state index is -4.87. The highest BCUT2D eigenvalue weighted by molar-refractivity contribution is 5.85. The van der Waals surface area contributed by atoms with Crippen LogP contribution in [-0.2, 0) is 6.18 Å². The van der Waals surface area contributed by atoms with E-state index < -0.39 is 48.6 Å². The van der Waals surface area contributed by atoms with Gasteiger partial charge in [-0.1, -0.05) is 0 Å². The van der Waals surface area contributed by atoms with E-state index in [1.807, 2.05) is 0 Å². The van der Waals surface area contributed by atoms with Crippen LogP contribution < -0.4 is 10.5 Å². The van der Waals surface area contributed by atoms with Gasteiger partial charge in [-0.15, -0.1) is 12.4 Å². The van der Waals surface area contributed by atoms with E-state index in [1.165, 1.54) is 6.07 Å². The monoisotopic (exact) mass is 349 g/mol. The summed E-state index contributed by atoms with van der Waals surface area (Å²) in [6.45, 7) is -0.398. The molecule has 0 radical (unpaired) electrons. The maximum absolute atomic E-state index is 12.6. The van der Waals surface area contributed by atoms with E-state index in [0.29, 0.717) is 12.1 Å². The Hall–Kier alpha value is -1.73. The Morgan fingerprint density at radius 2 is 1.82 bits per heavy atom. The van der Waals surface area contributed by atoms with Crippen molar-refractivity contribution >= 4 is 12.4 Å². The van der Waals surface area contributed by atoms with Gasteiger partial charge < -0.3 is 10.5 Å². The molecule has 1 atom stereocenters. The van der Waals surface area contributed by atoms with E-state index >= 15 is 0 Å². The number of aromatic nitrogens is 1. The van der Waals surface area contributed by atoms with Gasteiger partial charge >= 0.3 is 12.4 Å². The van der Waals surface area contributed by atoms with Crippen molar-refractivity contribution in [3.8, 4) is 11.9 Å². The molecule has 1 aromatic heterocycles. The topological polar surface area (TPSA) is 71.9 Å². The van der Waals surface area contributed by atoms with Gasteiger partial charge in [0.1, 0.15) is 17.3 Å². The van der Waals surface area contributed by atoms with Crippen LogP contribution in [0.25, 0.3) is 0 Å². The van der Waals surface area contributed by atoms with Crippen LogP contribution in [0.2, 0.25) is 0 Å². The zero-order valence-electron chi connectivity index (χ0n) is 10.7. The summed E-state index contributed by atoms with van der Waals surface area (Å²) < 4.78 is 79.8. The minimum Gasteiger partial charge on any atom is -0.464 e. The fraction of sp³-hybridized carbons (Fsp3) is 0.455. The van der Waals surface area contributed by atoms with Crippen LogP contribution in [-0.4, -0.2) is 23.8 Å². The van der Waals surface area contributed by atoms with Crippen LogP contribution in [0.15, 0.2) is 12.1 Å². The van der Waals surface area contributed by atoms with Gasteiger partial charge in [0.05, 0.1) is 0 Å². The van der Waals surface area contributed by atoms with Crippen LogP contribution in [0.4, 0.5) is 26.3 Å². The Labute approximate surface area is 127 Å². The zero-order chi connectivity index (χ0) is 16.3. The van der Waals surface area contributed by atoms with E-state index in [0.717, 1.165) is 0 Å². The molecule has 1 heterocycles. The first-order chi connectivity index (χ1) is 9.59. The largest absolute Gasteiger partial charge is 0.464 e. The maximum Gasteiger partial charge on any atom is 0.433 e. The second kappa shape index (κ2) is 7.51. The lowest BCUT2D eigenvalue weighted by atomic mass is 10.2. The average Bonchev–Trinajstić information content (AvgIpc) is 2.36. The summed E-state index contributed by atoms with van der Waals surface area (Å²) >= 11 is 0. The van der Waals surface area contributed by atoms with Crippen molar-refractivity contribution in [2.75, 3.05) is 6.54 Å². The molecule has 0 aliphatic heterocycles. The van der Waals surface area contributed by atoms with Crippen LogP contribution in [0.1, 0.15) is 17.7 Å². The van der Waals surface area contributed by atoms with E-state index in [9.17, 15) is 26.3 Å². The SMILES string of the molecule is Cl.N#Cc1ccc(C(F)(F)F)nc1OC(CCN)C(F)(F)F. The first-order valence-electron chi connectivity index (χ1n) is 5.51. The third-order valence-electron chi connectivity index (χ3n) is 2.32. The Balaban J connectivity index is 0.00000441. The van der Waals surface area contributed by atoms with Crippen molar-refractivity contribution in [1.82, 2.24) is 4.98 Å². The molecule has 0 saturated heterocycles. The third-order valence-corrected chi connectivity index (χ3v) is 2.32. The highest BCUT2D eigenvalue weighted by atomic mass is 35.5. The van der Waals surface area contributed by atoms with Crippen LogP contribution in [0.5, 0.6) is 5.88 Å². The second-order valence-corrected chi connectivity index (χ2v) is 3.88. The van der Waals surface area contributed by atoms with Gasteiger partial charge in [-0.25, -0.2) is 4.98 Å². The van der Waals surface area contributed by atoms with E-state index in [2.05, 4.69) is 9.72 Å². The lowest BCUT2D eigenvalue weighted by Crippen LogP contribution is -2.36.